The SMILES string of the molecule is CN(C)C(=O)c1ccc(N2CC3(CC(N4CCN(C(=O)[C@](C)(O)c5ccccc5)CC4)C3)C2)cc1Cl. The van der Waals surface area contributed by atoms with Crippen LogP contribution in [0.3, 0.4) is 0 Å². The molecule has 2 saturated heterocycles. The summed E-state index contributed by atoms with van der Waals surface area (Å²) in [4.78, 5) is 33.5. The lowest BCUT2D eigenvalue weighted by Crippen LogP contribution is -2.68. The number of hydrogen-bond donors (Lipinski definition) is 1. The van der Waals surface area contributed by atoms with Gasteiger partial charge < -0.3 is 19.8 Å². The Balaban J connectivity index is 1.10. The van der Waals surface area contributed by atoms with Gasteiger partial charge in [-0.05, 0) is 43.5 Å². The third-order valence-corrected chi connectivity index (χ3v) is 8.53. The fourth-order valence-electron chi connectivity index (χ4n) is 6.00. The van der Waals surface area contributed by atoms with Crippen molar-refractivity contribution in [2.75, 3.05) is 58.3 Å². The van der Waals surface area contributed by atoms with Crippen LogP contribution in [0.15, 0.2) is 48.5 Å². The molecule has 2 aliphatic heterocycles. The molecule has 192 valence electrons. The Labute approximate surface area is 218 Å². The fourth-order valence-corrected chi connectivity index (χ4v) is 6.26. The van der Waals surface area contributed by atoms with Crippen molar-refractivity contribution >= 4 is 29.1 Å². The highest BCUT2D eigenvalue weighted by atomic mass is 35.5. The van der Waals surface area contributed by atoms with Gasteiger partial charge >= 0.3 is 0 Å². The third-order valence-electron chi connectivity index (χ3n) is 8.21. The molecular formula is C28H35ClN4O3. The largest absolute Gasteiger partial charge is 0.376 e. The minimum absolute atomic E-state index is 0.0843. The quantitative estimate of drug-likeness (QED) is 0.669. The van der Waals surface area contributed by atoms with Crippen LogP contribution < -0.4 is 4.90 Å². The second kappa shape index (κ2) is 9.36. The summed E-state index contributed by atoms with van der Waals surface area (Å²) < 4.78 is 0. The summed E-state index contributed by atoms with van der Waals surface area (Å²) in [5, 5.41) is 11.4. The van der Waals surface area contributed by atoms with Crippen molar-refractivity contribution < 1.29 is 14.7 Å². The smallest absolute Gasteiger partial charge is 0.258 e. The van der Waals surface area contributed by atoms with Gasteiger partial charge in [-0.1, -0.05) is 41.9 Å². The minimum atomic E-state index is -1.50. The van der Waals surface area contributed by atoms with Gasteiger partial charge in [-0.2, -0.15) is 0 Å². The standard InChI is InChI=1S/C28H35ClN4O3/c1-27(36,20-7-5-4-6-8-20)26(35)32-13-11-31(12-14-32)22-16-28(17-22)18-33(19-28)21-9-10-23(24(29)15-21)25(34)30(2)3/h4-10,15,22,36H,11-14,16-19H2,1-3H3/t27-/m1/s1. The van der Waals surface area contributed by atoms with Crippen molar-refractivity contribution in [3.8, 4) is 0 Å². The summed E-state index contributed by atoms with van der Waals surface area (Å²) in [5.41, 5.74) is 1.10. The van der Waals surface area contributed by atoms with E-state index in [0.29, 0.717) is 40.7 Å². The highest BCUT2D eigenvalue weighted by Gasteiger charge is 2.54. The maximum Gasteiger partial charge on any atom is 0.258 e. The number of benzene rings is 2. The molecule has 2 aromatic carbocycles. The molecule has 1 atom stereocenters. The Kier molecular flexibility index (Phi) is 6.52. The van der Waals surface area contributed by atoms with Crippen LogP contribution in [0.2, 0.25) is 5.02 Å². The van der Waals surface area contributed by atoms with Crippen molar-refractivity contribution in [3.63, 3.8) is 0 Å². The van der Waals surface area contributed by atoms with Gasteiger partial charge in [-0.15, -0.1) is 0 Å². The number of halogens is 1. The highest BCUT2D eigenvalue weighted by molar-refractivity contribution is 6.34. The molecule has 1 spiro atoms. The second-order valence-corrected chi connectivity index (χ2v) is 11.5. The van der Waals surface area contributed by atoms with Gasteiger partial charge in [0, 0.05) is 70.5 Å². The van der Waals surface area contributed by atoms with E-state index in [0.717, 1.165) is 31.9 Å². The lowest BCUT2D eigenvalue weighted by atomic mass is 9.60. The van der Waals surface area contributed by atoms with Gasteiger partial charge in [-0.25, -0.2) is 0 Å². The lowest BCUT2D eigenvalue weighted by molar-refractivity contribution is -0.153. The molecule has 1 aliphatic carbocycles. The van der Waals surface area contributed by atoms with E-state index in [1.54, 1.807) is 38.1 Å². The number of aliphatic hydroxyl groups is 1. The molecule has 3 fully saturated rings. The maximum absolute atomic E-state index is 13.0. The van der Waals surface area contributed by atoms with Crippen LogP contribution in [0.25, 0.3) is 0 Å². The molecule has 2 aromatic rings. The van der Waals surface area contributed by atoms with Gasteiger partial charge in [0.1, 0.15) is 0 Å². The number of rotatable bonds is 5. The first-order chi connectivity index (χ1) is 17.1. The number of piperazine rings is 1. The zero-order chi connectivity index (χ0) is 25.7. The van der Waals surface area contributed by atoms with Crippen LogP contribution in [0, 0.1) is 5.41 Å². The van der Waals surface area contributed by atoms with E-state index in [1.165, 1.54) is 17.7 Å². The Morgan fingerprint density at radius 1 is 1.03 bits per heavy atom. The van der Waals surface area contributed by atoms with Gasteiger partial charge in [0.25, 0.3) is 11.8 Å². The predicted molar refractivity (Wildman–Crippen MR) is 141 cm³/mol. The van der Waals surface area contributed by atoms with Crippen LogP contribution in [-0.4, -0.2) is 91.0 Å². The van der Waals surface area contributed by atoms with E-state index < -0.39 is 5.60 Å². The monoisotopic (exact) mass is 510 g/mol. The molecule has 1 saturated carbocycles. The molecule has 3 aliphatic rings. The summed E-state index contributed by atoms with van der Waals surface area (Å²) in [7, 11) is 3.45. The molecular weight excluding hydrogens is 476 g/mol. The van der Waals surface area contributed by atoms with Crippen molar-refractivity contribution in [2.24, 2.45) is 5.41 Å². The van der Waals surface area contributed by atoms with Crippen molar-refractivity contribution in [2.45, 2.75) is 31.4 Å². The first-order valence-electron chi connectivity index (χ1n) is 12.7. The number of hydrogen-bond acceptors (Lipinski definition) is 5. The Bertz CT molecular complexity index is 1130. The zero-order valence-corrected chi connectivity index (χ0v) is 22.0. The Morgan fingerprint density at radius 3 is 2.25 bits per heavy atom. The van der Waals surface area contributed by atoms with Crippen LogP contribution in [0.1, 0.15) is 35.7 Å². The van der Waals surface area contributed by atoms with E-state index in [-0.39, 0.29) is 11.8 Å². The van der Waals surface area contributed by atoms with E-state index >= 15 is 0 Å². The molecule has 36 heavy (non-hydrogen) atoms. The van der Waals surface area contributed by atoms with E-state index in [1.807, 2.05) is 36.4 Å². The normalized spacial score (nSPS) is 21.5. The summed E-state index contributed by atoms with van der Waals surface area (Å²) >= 11 is 6.41. The van der Waals surface area contributed by atoms with Gasteiger partial charge in [0.15, 0.2) is 5.60 Å². The van der Waals surface area contributed by atoms with Crippen molar-refractivity contribution in [1.29, 1.82) is 0 Å². The van der Waals surface area contributed by atoms with Crippen LogP contribution in [0.5, 0.6) is 0 Å². The molecule has 8 heteroatoms. The van der Waals surface area contributed by atoms with Gasteiger partial charge in [0.2, 0.25) is 0 Å². The average molecular weight is 511 g/mol. The van der Waals surface area contributed by atoms with Gasteiger partial charge in [0.05, 0.1) is 10.6 Å². The first kappa shape index (κ1) is 25.1. The highest BCUT2D eigenvalue weighted by Crippen LogP contribution is 2.51. The van der Waals surface area contributed by atoms with E-state index in [4.69, 9.17) is 11.6 Å². The number of nitrogens with zero attached hydrogens (tertiary/aromatic N) is 4. The van der Waals surface area contributed by atoms with Crippen molar-refractivity contribution in [1.82, 2.24) is 14.7 Å². The minimum Gasteiger partial charge on any atom is -0.376 e. The summed E-state index contributed by atoms with van der Waals surface area (Å²) in [6, 6.07) is 15.5. The molecule has 2 heterocycles. The predicted octanol–water partition coefficient (Wildman–Crippen LogP) is 3.06. The summed E-state index contributed by atoms with van der Waals surface area (Å²) in [5.74, 6) is -0.302. The molecule has 0 aromatic heterocycles. The summed E-state index contributed by atoms with van der Waals surface area (Å²) in [6.07, 6.45) is 2.34. The molecule has 0 unspecified atom stereocenters. The molecule has 1 N–H and O–H groups in total. The molecule has 0 radical (unpaired) electrons. The Morgan fingerprint density at radius 2 is 1.67 bits per heavy atom. The zero-order valence-electron chi connectivity index (χ0n) is 21.3. The third kappa shape index (κ3) is 4.49. The fraction of sp³-hybridized carbons (Fsp3) is 0.500. The molecule has 0 bridgehead atoms. The topological polar surface area (TPSA) is 67.3 Å². The molecule has 7 nitrogen and oxygen atoms in total. The molecule has 2 amide bonds. The lowest BCUT2D eigenvalue weighted by Gasteiger charge is -2.62. The average Bonchev–Trinajstić information content (AvgIpc) is 2.82. The first-order valence-corrected chi connectivity index (χ1v) is 13.0. The Hall–Kier alpha value is -2.61. The number of carbonyl (C=O) groups excluding carboxylic acids is 2. The maximum atomic E-state index is 13.0. The van der Waals surface area contributed by atoms with Crippen LogP contribution in [-0.2, 0) is 10.4 Å². The summed E-state index contributed by atoms with van der Waals surface area (Å²) in [6.45, 7) is 6.60. The number of anilines is 1. The number of carbonyl (C=O) groups is 2. The van der Waals surface area contributed by atoms with Crippen LogP contribution in [0.4, 0.5) is 5.69 Å². The van der Waals surface area contributed by atoms with Crippen LogP contribution >= 0.6 is 11.6 Å². The van der Waals surface area contributed by atoms with E-state index in [9.17, 15) is 14.7 Å². The van der Waals surface area contributed by atoms with Gasteiger partial charge in [-0.3, -0.25) is 14.5 Å². The molecule has 5 rings (SSSR count). The van der Waals surface area contributed by atoms with Crippen molar-refractivity contribution in [3.05, 3.63) is 64.7 Å². The van der Waals surface area contributed by atoms with E-state index in [2.05, 4.69) is 9.80 Å². The second-order valence-electron chi connectivity index (χ2n) is 11.0. The number of amides is 2.